The van der Waals surface area contributed by atoms with E-state index < -0.39 is 0 Å². The van der Waals surface area contributed by atoms with Gasteiger partial charge in [-0.1, -0.05) is 30.3 Å². The summed E-state index contributed by atoms with van der Waals surface area (Å²) in [6, 6.07) is 11.7. The van der Waals surface area contributed by atoms with Crippen molar-refractivity contribution in [2.45, 2.75) is 25.1 Å². The lowest BCUT2D eigenvalue weighted by molar-refractivity contribution is -0.139. The van der Waals surface area contributed by atoms with Crippen molar-refractivity contribution in [1.29, 1.82) is 0 Å². The van der Waals surface area contributed by atoms with Gasteiger partial charge in [0, 0.05) is 19.3 Å². The average molecular weight is 391 g/mol. The topological polar surface area (TPSA) is 89.3 Å². The van der Waals surface area contributed by atoms with Crippen LogP contribution in [0, 0.1) is 0 Å². The molecule has 0 unspecified atom stereocenters. The van der Waals surface area contributed by atoms with Gasteiger partial charge in [-0.15, -0.1) is 0 Å². The van der Waals surface area contributed by atoms with Gasteiger partial charge in [0.25, 0.3) is 5.91 Å². The molecule has 2 saturated heterocycles. The fourth-order valence-corrected chi connectivity index (χ4v) is 4.03. The van der Waals surface area contributed by atoms with Gasteiger partial charge in [-0.25, -0.2) is 9.97 Å². The van der Waals surface area contributed by atoms with Gasteiger partial charge in [0.15, 0.2) is 5.65 Å². The molecule has 2 aromatic heterocycles. The normalized spacial score (nSPS) is 21.7. The van der Waals surface area contributed by atoms with E-state index >= 15 is 0 Å². The lowest BCUT2D eigenvalue weighted by Crippen LogP contribution is -2.61. The number of rotatable bonds is 3. The van der Waals surface area contributed by atoms with Crippen molar-refractivity contribution in [3.8, 4) is 0 Å². The van der Waals surface area contributed by atoms with Crippen LogP contribution in [-0.2, 0) is 16.1 Å². The Hall–Kier alpha value is -3.26. The van der Waals surface area contributed by atoms with E-state index in [9.17, 15) is 9.59 Å². The maximum atomic E-state index is 13.0. The summed E-state index contributed by atoms with van der Waals surface area (Å²) in [5.41, 5.74) is 3.10. The molecule has 1 N–H and O–H groups in total. The molecular formula is C21H21N5O3. The number of morpholine rings is 1. The molecule has 0 saturated carbocycles. The third-order valence-corrected chi connectivity index (χ3v) is 5.51. The summed E-state index contributed by atoms with van der Waals surface area (Å²) < 4.78 is 7.53. The van der Waals surface area contributed by atoms with Crippen molar-refractivity contribution in [2.24, 2.45) is 0 Å². The smallest absolute Gasteiger partial charge is 0.255 e. The second-order valence-electron chi connectivity index (χ2n) is 7.49. The van der Waals surface area contributed by atoms with Crippen molar-refractivity contribution >= 4 is 23.0 Å². The first-order valence-corrected chi connectivity index (χ1v) is 9.72. The van der Waals surface area contributed by atoms with Crippen LogP contribution in [0.2, 0.25) is 0 Å². The minimum absolute atomic E-state index is 0.0222. The zero-order valence-electron chi connectivity index (χ0n) is 15.8. The van der Waals surface area contributed by atoms with Gasteiger partial charge in [0.1, 0.15) is 12.1 Å². The van der Waals surface area contributed by atoms with E-state index in [1.807, 2.05) is 22.8 Å². The van der Waals surface area contributed by atoms with Gasteiger partial charge in [0.2, 0.25) is 5.91 Å². The minimum atomic E-state index is -0.157. The first-order valence-electron chi connectivity index (χ1n) is 9.72. The van der Waals surface area contributed by atoms with E-state index in [2.05, 4.69) is 27.4 Å². The number of ether oxygens (including phenoxy) is 1. The van der Waals surface area contributed by atoms with Crippen molar-refractivity contribution in [3.63, 3.8) is 0 Å². The van der Waals surface area contributed by atoms with E-state index in [0.717, 1.165) is 11.2 Å². The molecule has 2 aliphatic rings. The molecule has 4 heterocycles. The van der Waals surface area contributed by atoms with Crippen LogP contribution in [0.25, 0.3) is 11.2 Å². The van der Waals surface area contributed by atoms with Crippen LogP contribution < -0.4 is 5.32 Å². The van der Waals surface area contributed by atoms with Crippen LogP contribution in [0.5, 0.6) is 0 Å². The number of piperidine rings is 1. The Morgan fingerprint density at radius 3 is 2.97 bits per heavy atom. The van der Waals surface area contributed by atoms with E-state index in [0.29, 0.717) is 37.1 Å². The minimum Gasteiger partial charge on any atom is -0.366 e. The van der Waals surface area contributed by atoms with Gasteiger partial charge >= 0.3 is 0 Å². The fourth-order valence-electron chi connectivity index (χ4n) is 4.03. The van der Waals surface area contributed by atoms with Crippen molar-refractivity contribution in [2.75, 3.05) is 19.7 Å². The molecule has 8 nitrogen and oxygen atoms in total. The van der Waals surface area contributed by atoms with Crippen LogP contribution in [-0.4, -0.2) is 63.1 Å². The number of hydrogen-bond donors (Lipinski definition) is 1. The SMILES string of the molecule is O=C1CO[C@@H]2CCN(C(=O)c3cnc4c(c3)ncn4Cc3ccccc3)C[C@@H]2N1. The average Bonchev–Trinajstić information content (AvgIpc) is 3.15. The van der Waals surface area contributed by atoms with Crippen molar-refractivity contribution in [3.05, 3.63) is 60.0 Å². The highest BCUT2D eigenvalue weighted by atomic mass is 16.5. The summed E-state index contributed by atoms with van der Waals surface area (Å²) in [6.07, 6.45) is 4.04. The monoisotopic (exact) mass is 391 g/mol. The van der Waals surface area contributed by atoms with Gasteiger partial charge in [0.05, 0.1) is 30.6 Å². The van der Waals surface area contributed by atoms with E-state index in [4.69, 9.17) is 4.74 Å². The molecule has 2 atom stereocenters. The largest absolute Gasteiger partial charge is 0.366 e. The Morgan fingerprint density at radius 1 is 1.24 bits per heavy atom. The van der Waals surface area contributed by atoms with E-state index in [1.54, 1.807) is 23.5 Å². The van der Waals surface area contributed by atoms with Gasteiger partial charge < -0.3 is 19.5 Å². The Morgan fingerprint density at radius 2 is 2.10 bits per heavy atom. The van der Waals surface area contributed by atoms with Crippen LogP contribution in [0.1, 0.15) is 22.3 Å². The standard InChI is InChI=1S/C21H21N5O3/c27-19-12-29-18-6-7-25(11-17(18)24-19)21(28)15-8-16-20(22-9-15)26(13-23-16)10-14-4-2-1-3-5-14/h1-5,8-9,13,17-18H,6-7,10-12H2,(H,24,27)/t17-,18+/m0/s1. The van der Waals surface area contributed by atoms with E-state index in [-0.39, 0.29) is 30.6 Å². The summed E-state index contributed by atoms with van der Waals surface area (Å²) in [5, 5.41) is 2.92. The van der Waals surface area contributed by atoms with Gasteiger partial charge in [-0.2, -0.15) is 0 Å². The quantitative estimate of drug-likeness (QED) is 0.725. The number of hydrogen-bond acceptors (Lipinski definition) is 5. The predicted octanol–water partition coefficient (Wildman–Crippen LogP) is 1.21. The number of aromatic nitrogens is 3. The highest BCUT2D eigenvalue weighted by Gasteiger charge is 2.36. The summed E-state index contributed by atoms with van der Waals surface area (Å²) in [6.45, 7) is 1.81. The lowest BCUT2D eigenvalue weighted by atomic mass is 10.00. The summed E-state index contributed by atoms with van der Waals surface area (Å²) in [4.78, 5) is 35.3. The zero-order valence-corrected chi connectivity index (χ0v) is 15.8. The summed E-state index contributed by atoms with van der Waals surface area (Å²) >= 11 is 0. The van der Waals surface area contributed by atoms with Crippen LogP contribution in [0.3, 0.4) is 0 Å². The molecule has 29 heavy (non-hydrogen) atoms. The molecule has 0 aliphatic carbocycles. The second-order valence-corrected chi connectivity index (χ2v) is 7.49. The van der Waals surface area contributed by atoms with Crippen molar-refractivity contribution in [1.82, 2.24) is 24.8 Å². The van der Waals surface area contributed by atoms with Crippen molar-refractivity contribution < 1.29 is 14.3 Å². The molecule has 2 amide bonds. The molecular weight excluding hydrogens is 370 g/mol. The maximum absolute atomic E-state index is 13.0. The van der Waals surface area contributed by atoms with E-state index in [1.165, 1.54) is 0 Å². The molecule has 1 aromatic carbocycles. The lowest BCUT2D eigenvalue weighted by Gasteiger charge is -2.41. The molecule has 2 fully saturated rings. The highest BCUT2D eigenvalue weighted by molar-refractivity contribution is 5.96. The molecule has 0 spiro atoms. The summed E-state index contributed by atoms with van der Waals surface area (Å²) in [5.74, 6) is -0.233. The number of amides is 2. The Labute approximate surface area is 167 Å². The molecule has 3 aromatic rings. The fraction of sp³-hybridized carbons (Fsp3) is 0.333. The molecule has 0 bridgehead atoms. The molecule has 148 valence electrons. The Bertz CT molecular complexity index is 1060. The third kappa shape index (κ3) is 3.47. The number of nitrogens with zero attached hydrogens (tertiary/aromatic N) is 4. The Kier molecular flexibility index (Phi) is 4.48. The molecule has 0 radical (unpaired) electrons. The summed E-state index contributed by atoms with van der Waals surface area (Å²) in [7, 11) is 0. The number of fused-ring (bicyclic) bond motifs is 2. The number of imidazole rings is 1. The van der Waals surface area contributed by atoms with Gasteiger partial charge in [-0.05, 0) is 18.1 Å². The number of carbonyl (C=O) groups is 2. The predicted molar refractivity (Wildman–Crippen MR) is 105 cm³/mol. The number of benzene rings is 1. The molecule has 5 rings (SSSR count). The number of carbonyl (C=O) groups excluding carboxylic acids is 2. The number of nitrogens with one attached hydrogen (secondary N) is 1. The molecule has 2 aliphatic heterocycles. The first kappa shape index (κ1) is 17.8. The van der Waals surface area contributed by atoms with Gasteiger partial charge in [-0.3, -0.25) is 9.59 Å². The van der Waals surface area contributed by atoms with Crippen LogP contribution >= 0.6 is 0 Å². The maximum Gasteiger partial charge on any atom is 0.255 e. The highest BCUT2D eigenvalue weighted by Crippen LogP contribution is 2.21. The zero-order chi connectivity index (χ0) is 19.8. The molecule has 8 heteroatoms. The van der Waals surface area contributed by atoms with Crippen LogP contribution in [0.4, 0.5) is 0 Å². The number of likely N-dealkylation sites (tertiary alicyclic amines) is 1. The Balaban J connectivity index is 1.34. The first-order chi connectivity index (χ1) is 14.2. The van der Waals surface area contributed by atoms with Crippen LogP contribution in [0.15, 0.2) is 48.9 Å². The second kappa shape index (κ2) is 7.29. The number of pyridine rings is 1. The third-order valence-electron chi connectivity index (χ3n) is 5.51.